The average molecular weight is 256 g/mol. The zero-order valence-corrected chi connectivity index (χ0v) is 11.8. The Morgan fingerprint density at radius 1 is 1.28 bits per heavy atom. The minimum absolute atomic E-state index is 0.0143. The molecule has 0 saturated heterocycles. The van der Waals surface area contributed by atoms with Crippen LogP contribution in [0, 0.1) is 5.92 Å². The lowest BCUT2D eigenvalue weighted by atomic mass is 10.1. The lowest BCUT2D eigenvalue weighted by molar-refractivity contribution is -0.136. The van der Waals surface area contributed by atoms with Gasteiger partial charge in [-0.2, -0.15) is 0 Å². The van der Waals surface area contributed by atoms with Crippen molar-refractivity contribution < 1.29 is 9.53 Å². The third kappa shape index (κ3) is 5.83. The van der Waals surface area contributed by atoms with E-state index in [1.165, 1.54) is 25.7 Å². The van der Waals surface area contributed by atoms with E-state index in [2.05, 4.69) is 5.32 Å². The molecule has 1 rings (SSSR count). The summed E-state index contributed by atoms with van der Waals surface area (Å²) < 4.78 is 5.86. The molecule has 0 heterocycles. The van der Waals surface area contributed by atoms with E-state index in [1.807, 2.05) is 13.8 Å². The molecule has 0 aliphatic heterocycles. The van der Waals surface area contributed by atoms with Gasteiger partial charge in [0, 0.05) is 6.54 Å². The molecular weight excluding hydrogens is 228 g/mol. The van der Waals surface area contributed by atoms with Gasteiger partial charge in [0.1, 0.15) is 6.10 Å². The van der Waals surface area contributed by atoms with Crippen LogP contribution in [0.4, 0.5) is 0 Å². The number of rotatable bonds is 6. The number of ether oxygens (including phenoxy) is 1. The van der Waals surface area contributed by atoms with E-state index in [9.17, 15) is 4.79 Å². The van der Waals surface area contributed by atoms with Crippen LogP contribution in [0.5, 0.6) is 0 Å². The molecule has 1 fully saturated rings. The van der Waals surface area contributed by atoms with Gasteiger partial charge in [0.2, 0.25) is 5.91 Å². The Morgan fingerprint density at radius 2 is 1.89 bits per heavy atom. The molecule has 2 unspecified atom stereocenters. The molecule has 1 amide bonds. The molecule has 4 nitrogen and oxygen atoms in total. The lowest BCUT2D eigenvalue weighted by Crippen LogP contribution is -2.39. The van der Waals surface area contributed by atoms with E-state index in [4.69, 9.17) is 10.5 Å². The Hall–Kier alpha value is -0.610. The highest BCUT2D eigenvalue weighted by Gasteiger charge is 2.20. The second kappa shape index (κ2) is 8.48. The zero-order chi connectivity index (χ0) is 13.4. The second-order valence-electron chi connectivity index (χ2n) is 5.48. The van der Waals surface area contributed by atoms with Gasteiger partial charge in [-0.05, 0) is 32.2 Å². The monoisotopic (exact) mass is 256 g/mol. The van der Waals surface area contributed by atoms with E-state index in [-0.39, 0.29) is 18.1 Å². The van der Waals surface area contributed by atoms with Gasteiger partial charge in [-0.25, -0.2) is 0 Å². The van der Waals surface area contributed by atoms with Crippen molar-refractivity contribution in [2.24, 2.45) is 11.7 Å². The molecule has 0 radical (unpaired) electrons. The van der Waals surface area contributed by atoms with Gasteiger partial charge in [-0.1, -0.05) is 32.6 Å². The van der Waals surface area contributed by atoms with E-state index in [0.29, 0.717) is 19.0 Å². The molecule has 1 aliphatic rings. The molecule has 2 atom stereocenters. The average Bonchev–Trinajstić information content (AvgIpc) is 2.63. The summed E-state index contributed by atoms with van der Waals surface area (Å²) in [7, 11) is 0. The standard InChI is InChI=1S/C14H28N2O2/c1-11(9-15)10-16-14(17)12(2)18-13-7-5-3-4-6-8-13/h11-13H,3-10,15H2,1-2H3,(H,16,17). The Morgan fingerprint density at radius 3 is 2.44 bits per heavy atom. The fraction of sp³-hybridized carbons (Fsp3) is 0.929. The molecule has 106 valence electrons. The summed E-state index contributed by atoms with van der Waals surface area (Å²) in [5.41, 5.74) is 5.52. The second-order valence-corrected chi connectivity index (χ2v) is 5.48. The number of hydrogen-bond acceptors (Lipinski definition) is 3. The van der Waals surface area contributed by atoms with Crippen LogP contribution in [0.1, 0.15) is 52.4 Å². The van der Waals surface area contributed by atoms with Crippen LogP contribution in [0.15, 0.2) is 0 Å². The Bertz CT molecular complexity index is 238. The predicted octanol–water partition coefficient (Wildman–Crippen LogP) is 1.83. The van der Waals surface area contributed by atoms with Crippen LogP contribution < -0.4 is 11.1 Å². The molecule has 4 heteroatoms. The summed E-state index contributed by atoms with van der Waals surface area (Å²) in [4.78, 5) is 11.8. The zero-order valence-electron chi connectivity index (χ0n) is 11.8. The maximum atomic E-state index is 11.8. The van der Waals surface area contributed by atoms with E-state index in [0.717, 1.165) is 12.8 Å². The minimum atomic E-state index is -0.349. The first-order valence-electron chi connectivity index (χ1n) is 7.26. The fourth-order valence-electron chi connectivity index (χ4n) is 2.23. The maximum Gasteiger partial charge on any atom is 0.248 e. The van der Waals surface area contributed by atoms with Crippen LogP contribution in [-0.4, -0.2) is 31.2 Å². The van der Waals surface area contributed by atoms with E-state index in [1.54, 1.807) is 0 Å². The Labute approximate surface area is 111 Å². The van der Waals surface area contributed by atoms with E-state index < -0.39 is 0 Å². The van der Waals surface area contributed by atoms with Crippen LogP contribution in [-0.2, 0) is 9.53 Å². The highest BCUT2D eigenvalue weighted by Crippen LogP contribution is 2.20. The van der Waals surface area contributed by atoms with Gasteiger partial charge >= 0.3 is 0 Å². The third-order valence-corrected chi connectivity index (χ3v) is 3.60. The maximum absolute atomic E-state index is 11.8. The molecule has 3 N–H and O–H groups in total. The van der Waals surface area contributed by atoms with Crippen molar-refractivity contribution in [3.05, 3.63) is 0 Å². The van der Waals surface area contributed by atoms with Gasteiger partial charge in [0.15, 0.2) is 0 Å². The van der Waals surface area contributed by atoms with Crippen molar-refractivity contribution in [1.82, 2.24) is 5.32 Å². The summed E-state index contributed by atoms with van der Waals surface area (Å²) >= 11 is 0. The van der Waals surface area contributed by atoms with Gasteiger partial charge in [0.25, 0.3) is 0 Å². The van der Waals surface area contributed by atoms with Crippen molar-refractivity contribution in [3.63, 3.8) is 0 Å². The van der Waals surface area contributed by atoms with Crippen LogP contribution in [0.3, 0.4) is 0 Å². The Balaban J connectivity index is 2.25. The number of nitrogens with two attached hydrogens (primary N) is 1. The molecule has 18 heavy (non-hydrogen) atoms. The van der Waals surface area contributed by atoms with Crippen molar-refractivity contribution in [2.75, 3.05) is 13.1 Å². The summed E-state index contributed by atoms with van der Waals surface area (Å²) in [6.07, 6.45) is 7.15. The fourth-order valence-corrected chi connectivity index (χ4v) is 2.23. The van der Waals surface area contributed by atoms with Crippen LogP contribution in [0.25, 0.3) is 0 Å². The molecule has 0 aromatic rings. The van der Waals surface area contributed by atoms with Crippen molar-refractivity contribution in [2.45, 2.75) is 64.6 Å². The van der Waals surface area contributed by atoms with Gasteiger partial charge < -0.3 is 15.8 Å². The smallest absolute Gasteiger partial charge is 0.248 e. The SMILES string of the molecule is CC(CN)CNC(=O)C(C)OC1CCCCCC1. The van der Waals surface area contributed by atoms with Gasteiger partial charge in [-0.3, -0.25) is 4.79 Å². The third-order valence-electron chi connectivity index (χ3n) is 3.60. The lowest BCUT2D eigenvalue weighted by Gasteiger charge is -2.21. The number of carbonyl (C=O) groups is 1. The quantitative estimate of drug-likeness (QED) is 0.713. The van der Waals surface area contributed by atoms with Gasteiger partial charge in [0.05, 0.1) is 6.10 Å². The van der Waals surface area contributed by atoms with Crippen molar-refractivity contribution in [3.8, 4) is 0 Å². The van der Waals surface area contributed by atoms with E-state index >= 15 is 0 Å². The number of hydrogen-bond donors (Lipinski definition) is 2. The summed E-state index contributed by atoms with van der Waals surface area (Å²) in [6.45, 7) is 5.09. The van der Waals surface area contributed by atoms with Crippen molar-refractivity contribution >= 4 is 5.91 Å². The predicted molar refractivity (Wildman–Crippen MR) is 73.3 cm³/mol. The van der Waals surface area contributed by atoms with Gasteiger partial charge in [-0.15, -0.1) is 0 Å². The number of nitrogens with one attached hydrogen (secondary N) is 1. The first kappa shape index (κ1) is 15.4. The van der Waals surface area contributed by atoms with Crippen LogP contribution in [0.2, 0.25) is 0 Å². The normalized spacial score (nSPS) is 21.1. The van der Waals surface area contributed by atoms with Crippen molar-refractivity contribution in [1.29, 1.82) is 0 Å². The minimum Gasteiger partial charge on any atom is -0.365 e. The first-order valence-corrected chi connectivity index (χ1v) is 7.26. The molecule has 0 aromatic heterocycles. The Kier molecular flexibility index (Phi) is 7.28. The highest BCUT2D eigenvalue weighted by molar-refractivity contribution is 5.80. The molecular formula is C14H28N2O2. The summed E-state index contributed by atoms with van der Waals surface area (Å²) in [6, 6.07) is 0. The number of carbonyl (C=O) groups excluding carboxylic acids is 1. The molecule has 0 spiro atoms. The highest BCUT2D eigenvalue weighted by atomic mass is 16.5. The molecule has 1 saturated carbocycles. The molecule has 0 bridgehead atoms. The molecule has 1 aliphatic carbocycles. The van der Waals surface area contributed by atoms with Crippen LogP contribution >= 0.6 is 0 Å². The number of amides is 1. The first-order chi connectivity index (χ1) is 8.63. The largest absolute Gasteiger partial charge is 0.365 e. The summed E-state index contributed by atoms with van der Waals surface area (Å²) in [5.74, 6) is 0.304. The molecule has 0 aromatic carbocycles. The summed E-state index contributed by atoms with van der Waals surface area (Å²) in [5, 5.41) is 2.89. The topological polar surface area (TPSA) is 64.3 Å².